The van der Waals surface area contributed by atoms with E-state index in [9.17, 15) is 8.42 Å². The lowest BCUT2D eigenvalue weighted by molar-refractivity contribution is 0.601. The minimum atomic E-state index is -3.60. The molecule has 1 aliphatic carbocycles. The van der Waals surface area contributed by atoms with Crippen molar-refractivity contribution in [1.29, 1.82) is 0 Å². The minimum absolute atomic E-state index is 0.178. The van der Waals surface area contributed by atoms with Crippen molar-refractivity contribution in [2.24, 2.45) is 0 Å². The van der Waals surface area contributed by atoms with Crippen molar-refractivity contribution in [3.8, 4) is 0 Å². The van der Waals surface area contributed by atoms with Gasteiger partial charge < -0.3 is 5.73 Å². The van der Waals surface area contributed by atoms with E-state index in [1.54, 1.807) is 12.1 Å². The van der Waals surface area contributed by atoms with Crippen LogP contribution in [0.5, 0.6) is 0 Å². The van der Waals surface area contributed by atoms with Crippen LogP contribution in [-0.4, -0.2) is 18.0 Å². The van der Waals surface area contributed by atoms with Crippen molar-refractivity contribution in [1.82, 2.24) is 9.59 Å². The summed E-state index contributed by atoms with van der Waals surface area (Å²) in [6.45, 7) is 0. The number of nitrogens with one attached hydrogen (secondary N) is 1. The van der Waals surface area contributed by atoms with Crippen molar-refractivity contribution in [2.45, 2.75) is 23.7 Å². The van der Waals surface area contributed by atoms with E-state index >= 15 is 0 Å². The maximum atomic E-state index is 12.2. The van der Waals surface area contributed by atoms with Crippen molar-refractivity contribution < 1.29 is 8.42 Å². The molecule has 1 aromatic carbocycles. The van der Waals surface area contributed by atoms with Gasteiger partial charge in [0.25, 0.3) is 10.0 Å². The molecule has 0 amide bonds. The molecule has 0 bridgehead atoms. The molecule has 1 aliphatic rings. The summed E-state index contributed by atoms with van der Waals surface area (Å²) in [6.07, 6.45) is 2.09. The maximum Gasteiger partial charge on any atom is 0.262 e. The Hall–Kier alpha value is -1.67. The van der Waals surface area contributed by atoms with Gasteiger partial charge in [0.05, 0.1) is 4.90 Å². The topological polar surface area (TPSA) is 98.0 Å². The summed E-state index contributed by atoms with van der Waals surface area (Å²) in [5, 5.41) is 4.50. The minimum Gasteiger partial charge on any atom is -0.399 e. The first-order valence-corrected chi connectivity index (χ1v) is 8.02. The Morgan fingerprint density at radius 2 is 1.95 bits per heavy atom. The third kappa shape index (κ3) is 2.54. The van der Waals surface area contributed by atoms with E-state index in [0.29, 0.717) is 16.6 Å². The summed E-state index contributed by atoms with van der Waals surface area (Å²) in [7, 11) is -3.60. The molecule has 1 fully saturated rings. The lowest BCUT2D eigenvalue weighted by Gasteiger charge is -2.06. The number of hydrogen-bond donors (Lipinski definition) is 2. The fourth-order valence-corrected chi connectivity index (χ4v) is 3.67. The molecule has 6 nitrogen and oxygen atoms in total. The standard InChI is InChI=1S/C11H12N4O2S2/c12-8-3-5-9(6-4-8)19(16,17)14-11-10(7-1-2-7)13-15-18-11/h3-7,14H,1-2,12H2. The summed E-state index contributed by atoms with van der Waals surface area (Å²) in [6, 6.07) is 6.06. The van der Waals surface area contributed by atoms with Crippen LogP contribution in [0.25, 0.3) is 0 Å². The average Bonchev–Trinajstić information content (AvgIpc) is 3.11. The normalized spacial score (nSPS) is 15.4. The molecule has 1 aromatic heterocycles. The number of anilines is 2. The van der Waals surface area contributed by atoms with E-state index in [2.05, 4.69) is 14.3 Å². The molecule has 3 N–H and O–H groups in total. The van der Waals surface area contributed by atoms with Gasteiger partial charge in [-0.1, -0.05) is 4.49 Å². The van der Waals surface area contributed by atoms with Crippen molar-refractivity contribution in [3.63, 3.8) is 0 Å². The smallest absolute Gasteiger partial charge is 0.262 e. The van der Waals surface area contributed by atoms with Crippen LogP contribution in [0.1, 0.15) is 24.5 Å². The highest BCUT2D eigenvalue weighted by atomic mass is 32.2. The summed E-state index contributed by atoms with van der Waals surface area (Å²) in [5.74, 6) is 0.350. The number of nitrogens with zero attached hydrogens (tertiary/aromatic N) is 2. The molecule has 8 heteroatoms. The summed E-state index contributed by atoms with van der Waals surface area (Å²) in [5.41, 5.74) is 6.82. The van der Waals surface area contributed by atoms with Crippen LogP contribution in [0.2, 0.25) is 0 Å². The zero-order valence-electron chi connectivity index (χ0n) is 9.91. The largest absolute Gasteiger partial charge is 0.399 e. The molecule has 0 atom stereocenters. The third-order valence-corrected chi connectivity index (χ3v) is 5.05. The number of nitrogen functional groups attached to an aromatic ring is 1. The first-order chi connectivity index (χ1) is 9.06. The molecular weight excluding hydrogens is 284 g/mol. The van der Waals surface area contributed by atoms with Gasteiger partial charge in [-0.2, -0.15) is 0 Å². The molecule has 0 saturated heterocycles. The highest BCUT2D eigenvalue weighted by molar-refractivity contribution is 7.93. The lowest BCUT2D eigenvalue weighted by Crippen LogP contribution is -2.13. The molecule has 100 valence electrons. The fraction of sp³-hybridized carbons (Fsp3) is 0.273. The number of rotatable bonds is 4. The number of benzene rings is 1. The zero-order valence-corrected chi connectivity index (χ0v) is 11.5. The molecule has 19 heavy (non-hydrogen) atoms. The number of hydrogen-bond acceptors (Lipinski definition) is 6. The van der Waals surface area contributed by atoms with Crippen LogP contribution in [0, 0.1) is 0 Å². The first-order valence-electron chi connectivity index (χ1n) is 5.77. The van der Waals surface area contributed by atoms with Gasteiger partial charge in [-0.05, 0) is 37.1 Å². The molecule has 2 aromatic rings. The Morgan fingerprint density at radius 1 is 1.26 bits per heavy atom. The number of nitrogens with two attached hydrogens (primary N) is 1. The van der Waals surface area contributed by atoms with E-state index in [0.717, 1.165) is 30.1 Å². The van der Waals surface area contributed by atoms with Crippen LogP contribution in [-0.2, 0) is 10.0 Å². The van der Waals surface area contributed by atoms with Crippen LogP contribution in [0.3, 0.4) is 0 Å². The van der Waals surface area contributed by atoms with Gasteiger partial charge in [0.2, 0.25) is 0 Å². The lowest BCUT2D eigenvalue weighted by atomic mass is 10.3. The molecule has 1 saturated carbocycles. The monoisotopic (exact) mass is 296 g/mol. The zero-order chi connectivity index (χ0) is 13.5. The molecule has 0 aliphatic heterocycles. The Bertz CT molecular complexity index is 690. The van der Waals surface area contributed by atoms with Gasteiger partial charge in [0.15, 0.2) is 0 Å². The first kappa shape index (κ1) is 12.4. The predicted molar refractivity (Wildman–Crippen MR) is 73.5 cm³/mol. The predicted octanol–water partition coefficient (Wildman–Crippen LogP) is 1.80. The van der Waals surface area contributed by atoms with Crippen molar-refractivity contribution >= 4 is 32.2 Å². The van der Waals surface area contributed by atoms with E-state index in [-0.39, 0.29) is 4.90 Å². The number of aromatic nitrogens is 2. The fourth-order valence-electron chi connectivity index (χ4n) is 1.72. The van der Waals surface area contributed by atoms with Gasteiger partial charge in [0, 0.05) is 23.1 Å². The molecule has 0 radical (unpaired) electrons. The quantitative estimate of drug-likeness (QED) is 0.838. The molecule has 1 heterocycles. The average molecular weight is 296 g/mol. The van der Waals surface area contributed by atoms with Gasteiger partial charge in [-0.25, -0.2) is 8.42 Å². The van der Waals surface area contributed by atoms with Crippen LogP contribution in [0.4, 0.5) is 10.7 Å². The van der Waals surface area contributed by atoms with Crippen LogP contribution >= 0.6 is 11.5 Å². The van der Waals surface area contributed by atoms with Gasteiger partial charge >= 0.3 is 0 Å². The summed E-state index contributed by atoms with van der Waals surface area (Å²) in [4.78, 5) is 0.178. The third-order valence-electron chi connectivity index (χ3n) is 2.89. The van der Waals surface area contributed by atoms with E-state index in [4.69, 9.17) is 5.73 Å². The maximum absolute atomic E-state index is 12.2. The molecular formula is C11H12N4O2S2. The molecule has 0 unspecified atom stereocenters. The summed E-state index contributed by atoms with van der Waals surface area (Å²) < 4.78 is 30.8. The van der Waals surface area contributed by atoms with Gasteiger partial charge in [-0.15, -0.1) is 5.10 Å². The summed E-state index contributed by atoms with van der Waals surface area (Å²) >= 11 is 1.07. The molecule has 0 spiro atoms. The van der Waals surface area contributed by atoms with Crippen molar-refractivity contribution in [3.05, 3.63) is 30.0 Å². The Morgan fingerprint density at radius 3 is 2.58 bits per heavy atom. The Balaban J connectivity index is 1.88. The van der Waals surface area contributed by atoms with Gasteiger partial charge in [-0.3, -0.25) is 4.72 Å². The van der Waals surface area contributed by atoms with Crippen LogP contribution < -0.4 is 10.5 Å². The molecule has 3 rings (SSSR count). The van der Waals surface area contributed by atoms with Crippen molar-refractivity contribution in [2.75, 3.05) is 10.5 Å². The second kappa shape index (κ2) is 4.46. The highest BCUT2D eigenvalue weighted by Crippen LogP contribution is 2.43. The van der Waals surface area contributed by atoms with E-state index < -0.39 is 10.0 Å². The number of sulfonamides is 1. The highest BCUT2D eigenvalue weighted by Gasteiger charge is 2.31. The van der Waals surface area contributed by atoms with Gasteiger partial charge in [0.1, 0.15) is 10.7 Å². The van der Waals surface area contributed by atoms with E-state index in [1.807, 2.05) is 0 Å². The Kier molecular flexibility index (Phi) is 2.90. The Labute approximate surface area is 114 Å². The second-order valence-corrected chi connectivity index (χ2v) is 6.87. The second-order valence-electron chi connectivity index (χ2n) is 4.44. The van der Waals surface area contributed by atoms with Crippen LogP contribution in [0.15, 0.2) is 29.2 Å². The van der Waals surface area contributed by atoms with E-state index in [1.165, 1.54) is 12.1 Å². The SMILES string of the molecule is Nc1ccc(S(=O)(=O)Nc2snnc2C2CC2)cc1.